The van der Waals surface area contributed by atoms with Crippen LogP contribution in [-0.4, -0.2) is 39.7 Å². The van der Waals surface area contributed by atoms with Crippen LogP contribution < -0.4 is 4.74 Å². The molecule has 2 amide bonds. The second kappa shape index (κ2) is 6.74. The second-order valence-corrected chi connectivity index (χ2v) is 7.15. The number of nitrogens with zero attached hydrogens (tertiary/aromatic N) is 3. The Labute approximate surface area is 160 Å². The number of nitro groups is 1. The van der Waals surface area contributed by atoms with Crippen molar-refractivity contribution >= 4 is 23.7 Å². The molecule has 9 heteroatoms. The first-order chi connectivity index (χ1) is 13.4. The van der Waals surface area contributed by atoms with Gasteiger partial charge in [0.05, 0.1) is 29.6 Å². The van der Waals surface area contributed by atoms with Crippen LogP contribution in [0, 0.1) is 33.8 Å². The fourth-order valence-corrected chi connectivity index (χ4v) is 4.39. The van der Waals surface area contributed by atoms with E-state index in [2.05, 4.69) is 5.10 Å². The van der Waals surface area contributed by atoms with Crippen LogP contribution in [-0.2, 0) is 9.59 Å². The molecule has 1 aliphatic heterocycles. The highest BCUT2D eigenvalue weighted by Gasteiger charge is 2.56. The Morgan fingerprint density at radius 2 is 1.86 bits per heavy atom. The third-order valence-corrected chi connectivity index (χ3v) is 5.63. The summed E-state index contributed by atoms with van der Waals surface area (Å²) >= 11 is 0. The van der Waals surface area contributed by atoms with E-state index in [0.717, 1.165) is 23.9 Å². The highest BCUT2D eigenvalue weighted by Crippen LogP contribution is 2.49. The zero-order chi connectivity index (χ0) is 20.0. The van der Waals surface area contributed by atoms with Crippen LogP contribution in [0.25, 0.3) is 0 Å². The van der Waals surface area contributed by atoms with Gasteiger partial charge in [-0.2, -0.15) is 10.1 Å². The number of carbonyl (C=O) groups is 2. The lowest BCUT2D eigenvalue weighted by Gasteiger charge is -2.37. The number of phenolic OH excluding ortho intramolecular Hbond substituents is 1. The predicted molar refractivity (Wildman–Crippen MR) is 97.7 cm³/mol. The molecule has 4 atom stereocenters. The molecule has 0 aromatic heterocycles. The quantitative estimate of drug-likeness (QED) is 0.273. The van der Waals surface area contributed by atoms with Crippen LogP contribution in [0.2, 0.25) is 0 Å². The van der Waals surface area contributed by atoms with Crippen LogP contribution in [0.5, 0.6) is 11.5 Å². The molecule has 5 rings (SSSR count). The number of imide groups is 1. The number of phenols is 1. The van der Waals surface area contributed by atoms with Gasteiger partial charge in [-0.25, -0.2) is 0 Å². The number of hydrogen-bond donors (Lipinski definition) is 1. The number of carbonyl (C=O) groups excluding carboxylic acids is 2. The maximum atomic E-state index is 12.7. The predicted octanol–water partition coefficient (Wildman–Crippen LogP) is 2.23. The maximum absolute atomic E-state index is 12.7. The Kier molecular flexibility index (Phi) is 4.37. The molecule has 3 aliphatic carbocycles. The number of fused-ring (bicyclic) bond motifs is 1. The van der Waals surface area contributed by atoms with Crippen molar-refractivity contribution in [3.8, 4) is 11.5 Å². The van der Waals surface area contributed by atoms with Gasteiger partial charge in [-0.3, -0.25) is 19.7 Å². The van der Waals surface area contributed by atoms with Gasteiger partial charge in [0, 0.05) is 11.6 Å². The fraction of sp³-hybridized carbons (Fsp3) is 0.421. The normalized spacial score (nSPS) is 28.2. The molecule has 2 bridgehead atoms. The van der Waals surface area contributed by atoms with Gasteiger partial charge < -0.3 is 9.84 Å². The molecule has 1 aromatic rings. The Balaban J connectivity index is 1.64. The van der Waals surface area contributed by atoms with Gasteiger partial charge in [0.2, 0.25) is 5.75 Å². The number of benzene rings is 1. The average molecular weight is 385 g/mol. The number of aromatic hydroxyl groups is 1. The fourth-order valence-electron chi connectivity index (χ4n) is 4.39. The minimum Gasteiger partial charge on any atom is -0.500 e. The van der Waals surface area contributed by atoms with Crippen LogP contribution in [0.15, 0.2) is 29.4 Å². The number of nitro benzene ring substituents is 1. The van der Waals surface area contributed by atoms with Crippen LogP contribution >= 0.6 is 0 Å². The van der Waals surface area contributed by atoms with Crippen LogP contribution in [0.1, 0.15) is 25.3 Å². The third kappa shape index (κ3) is 2.74. The van der Waals surface area contributed by atoms with Crippen LogP contribution in [0.3, 0.4) is 0 Å². The summed E-state index contributed by atoms with van der Waals surface area (Å²) in [6.07, 6.45) is 7.02. The SMILES string of the molecule is CCOc1cc(/C=N\N2C(=O)[C@@H]3[C@H](C2=O)[C@H]2C=C[C@H]3CC2)cc([N+](=O)[O-])c1O. The van der Waals surface area contributed by atoms with Crippen molar-refractivity contribution < 1.29 is 24.4 Å². The first-order valence-electron chi connectivity index (χ1n) is 9.16. The highest BCUT2D eigenvalue weighted by molar-refractivity contribution is 6.06. The van der Waals surface area contributed by atoms with Crippen molar-refractivity contribution in [2.45, 2.75) is 19.8 Å². The summed E-state index contributed by atoms with van der Waals surface area (Å²) in [5.74, 6) is -1.92. The zero-order valence-electron chi connectivity index (χ0n) is 15.1. The van der Waals surface area contributed by atoms with E-state index < -0.39 is 16.4 Å². The number of hydrazone groups is 1. The van der Waals surface area contributed by atoms with Crippen molar-refractivity contribution in [3.63, 3.8) is 0 Å². The summed E-state index contributed by atoms with van der Waals surface area (Å²) in [5.41, 5.74) is -0.299. The molecule has 1 N–H and O–H groups in total. The summed E-state index contributed by atoms with van der Waals surface area (Å²) in [6.45, 7) is 1.88. The van der Waals surface area contributed by atoms with Gasteiger partial charge in [-0.05, 0) is 37.7 Å². The monoisotopic (exact) mass is 385 g/mol. The van der Waals surface area contributed by atoms with Gasteiger partial charge >= 0.3 is 5.69 Å². The number of amides is 2. The van der Waals surface area contributed by atoms with E-state index in [4.69, 9.17) is 4.74 Å². The molecule has 1 aromatic carbocycles. The van der Waals surface area contributed by atoms with Gasteiger partial charge in [0.15, 0.2) is 5.75 Å². The number of allylic oxidation sites excluding steroid dienone is 2. The highest BCUT2D eigenvalue weighted by atomic mass is 16.6. The number of hydrogen-bond acceptors (Lipinski definition) is 7. The molecule has 1 saturated heterocycles. The minimum atomic E-state index is -0.737. The topological polar surface area (TPSA) is 122 Å². The lowest BCUT2D eigenvalue weighted by atomic mass is 9.63. The Morgan fingerprint density at radius 3 is 2.36 bits per heavy atom. The second-order valence-electron chi connectivity index (χ2n) is 7.15. The summed E-state index contributed by atoms with van der Waals surface area (Å²) < 4.78 is 5.22. The van der Waals surface area contributed by atoms with Gasteiger partial charge in [-0.1, -0.05) is 12.2 Å². The number of ether oxygens (including phenoxy) is 1. The molecule has 1 saturated carbocycles. The Bertz CT molecular complexity index is 892. The maximum Gasteiger partial charge on any atom is 0.315 e. The van der Waals surface area contributed by atoms with E-state index in [9.17, 15) is 24.8 Å². The molecule has 0 unspecified atom stereocenters. The van der Waals surface area contributed by atoms with E-state index in [1.54, 1.807) is 6.92 Å². The minimum absolute atomic E-state index is 0.0611. The average Bonchev–Trinajstić information content (AvgIpc) is 2.96. The first kappa shape index (κ1) is 18.1. The summed E-state index contributed by atoms with van der Waals surface area (Å²) in [5, 5.41) is 26.0. The van der Waals surface area contributed by atoms with Crippen molar-refractivity contribution in [3.05, 3.63) is 40.0 Å². The van der Waals surface area contributed by atoms with E-state index in [-0.39, 0.29) is 53.4 Å². The molecule has 146 valence electrons. The molecule has 9 nitrogen and oxygen atoms in total. The first-order valence-corrected chi connectivity index (χ1v) is 9.16. The van der Waals surface area contributed by atoms with Gasteiger partial charge in [0.1, 0.15) is 0 Å². The third-order valence-electron chi connectivity index (χ3n) is 5.63. The summed E-state index contributed by atoms with van der Waals surface area (Å²) in [6, 6.07) is 2.49. The largest absolute Gasteiger partial charge is 0.500 e. The Hall–Kier alpha value is -3.23. The van der Waals surface area contributed by atoms with E-state index >= 15 is 0 Å². The lowest BCUT2D eigenvalue weighted by Crippen LogP contribution is -2.38. The summed E-state index contributed by atoms with van der Waals surface area (Å²) in [7, 11) is 0. The van der Waals surface area contributed by atoms with E-state index in [0.29, 0.717) is 0 Å². The molecule has 1 heterocycles. The van der Waals surface area contributed by atoms with E-state index in [1.807, 2.05) is 12.2 Å². The van der Waals surface area contributed by atoms with Crippen molar-refractivity contribution in [2.24, 2.45) is 28.8 Å². The van der Waals surface area contributed by atoms with Crippen molar-refractivity contribution in [1.29, 1.82) is 0 Å². The lowest BCUT2D eigenvalue weighted by molar-refractivity contribution is -0.386. The molecular weight excluding hydrogens is 366 g/mol. The molecule has 0 spiro atoms. The van der Waals surface area contributed by atoms with Crippen molar-refractivity contribution in [1.82, 2.24) is 5.01 Å². The smallest absolute Gasteiger partial charge is 0.315 e. The molecular formula is C19H19N3O6. The molecule has 4 aliphatic rings. The molecule has 28 heavy (non-hydrogen) atoms. The van der Waals surface area contributed by atoms with Gasteiger partial charge in [-0.15, -0.1) is 0 Å². The Morgan fingerprint density at radius 1 is 1.25 bits per heavy atom. The zero-order valence-corrected chi connectivity index (χ0v) is 15.1. The van der Waals surface area contributed by atoms with Crippen molar-refractivity contribution in [2.75, 3.05) is 6.61 Å². The van der Waals surface area contributed by atoms with Crippen LogP contribution in [0.4, 0.5) is 5.69 Å². The standard InChI is InChI=1S/C19H19N3O6/c1-2-28-14-8-10(7-13(17(14)23)22(26)27)9-20-21-18(24)15-11-3-4-12(6-5-11)16(15)19(21)25/h3-4,7-9,11-12,15-16,23H,2,5-6H2,1H3/b20-9-/t11-,12-,15-,16+/m0/s1. The summed E-state index contributed by atoms with van der Waals surface area (Å²) in [4.78, 5) is 35.9. The number of rotatable bonds is 5. The molecule has 0 radical (unpaired) electrons. The van der Waals surface area contributed by atoms with E-state index in [1.165, 1.54) is 12.3 Å². The van der Waals surface area contributed by atoms with Gasteiger partial charge in [0.25, 0.3) is 11.8 Å². The molecule has 2 fully saturated rings.